The lowest BCUT2D eigenvalue weighted by molar-refractivity contribution is 0.0729. The Morgan fingerprint density at radius 2 is 1.68 bits per heavy atom. The Hall–Kier alpha value is -3.14. The van der Waals surface area contributed by atoms with Crippen LogP contribution in [-0.2, 0) is 13.0 Å². The molecule has 2 aromatic carbocycles. The van der Waals surface area contributed by atoms with Crippen LogP contribution >= 0.6 is 0 Å². The fourth-order valence-corrected chi connectivity index (χ4v) is 3.14. The molecule has 1 aliphatic rings. The standard InChI is InChI=1S/C21H19N3O/c25-21(24-13-11-16-6-4-5-7-17(16)15-24)20-14-19(10-12-22-20)23-18-8-2-1-3-9-18/h1-10,12,14H,11,13,15H2,(H,22,23). The zero-order valence-electron chi connectivity index (χ0n) is 13.9. The molecule has 1 N–H and O–H groups in total. The summed E-state index contributed by atoms with van der Waals surface area (Å²) >= 11 is 0. The predicted molar refractivity (Wildman–Crippen MR) is 98.8 cm³/mol. The number of nitrogens with one attached hydrogen (secondary N) is 1. The van der Waals surface area contributed by atoms with E-state index >= 15 is 0 Å². The number of anilines is 2. The highest BCUT2D eigenvalue weighted by molar-refractivity contribution is 5.93. The first-order valence-corrected chi connectivity index (χ1v) is 8.44. The molecular formula is C21H19N3O. The lowest BCUT2D eigenvalue weighted by Gasteiger charge is -2.28. The van der Waals surface area contributed by atoms with Crippen LogP contribution < -0.4 is 5.32 Å². The van der Waals surface area contributed by atoms with Gasteiger partial charge in [0.1, 0.15) is 5.69 Å². The molecule has 1 aliphatic heterocycles. The zero-order valence-corrected chi connectivity index (χ0v) is 13.9. The monoisotopic (exact) mass is 329 g/mol. The van der Waals surface area contributed by atoms with E-state index < -0.39 is 0 Å². The number of benzene rings is 2. The smallest absolute Gasteiger partial charge is 0.272 e. The van der Waals surface area contributed by atoms with Crippen molar-refractivity contribution >= 4 is 17.3 Å². The fourth-order valence-electron chi connectivity index (χ4n) is 3.14. The van der Waals surface area contributed by atoms with E-state index in [1.165, 1.54) is 11.1 Å². The van der Waals surface area contributed by atoms with Gasteiger partial charge < -0.3 is 10.2 Å². The van der Waals surface area contributed by atoms with Gasteiger partial charge >= 0.3 is 0 Å². The molecule has 1 aromatic heterocycles. The van der Waals surface area contributed by atoms with Gasteiger partial charge in [-0.05, 0) is 41.8 Å². The normalized spacial score (nSPS) is 13.2. The molecule has 0 bridgehead atoms. The van der Waals surface area contributed by atoms with Crippen LogP contribution in [0.2, 0.25) is 0 Å². The summed E-state index contributed by atoms with van der Waals surface area (Å²) < 4.78 is 0. The number of amides is 1. The van der Waals surface area contributed by atoms with Gasteiger partial charge in [0.05, 0.1) is 0 Å². The first-order chi connectivity index (χ1) is 12.3. The van der Waals surface area contributed by atoms with E-state index in [2.05, 4.69) is 28.5 Å². The predicted octanol–water partition coefficient (Wildman–Crippen LogP) is 4.02. The Morgan fingerprint density at radius 1 is 0.920 bits per heavy atom. The molecular weight excluding hydrogens is 310 g/mol. The molecule has 124 valence electrons. The molecule has 25 heavy (non-hydrogen) atoms. The number of carbonyl (C=O) groups excluding carboxylic acids is 1. The summed E-state index contributed by atoms with van der Waals surface area (Å²) in [5.74, 6) is -0.0220. The second-order valence-electron chi connectivity index (χ2n) is 6.17. The van der Waals surface area contributed by atoms with Gasteiger partial charge in [-0.25, -0.2) is 0 Å². The highest BCUT2D eigenvalue weighted by Gasteiger charge is 2.22. The minimum atomic E-state index is -0.0220. The van der Waals surface area contributed by atoms with Crippen molar-refractivity contribution in [3.63, 3.8) is 0 Å². The van der Waals surface area contributed by atoms with Gasteiger partial charge in [0.2, 0.25) is 0 Å². The number of hydrogen-bond acceptors (Lipinski definition) is 3. The van der Waals surface area contributed by atoms with Crippen molar-refractivity contribution in [2.24, 2.45) is 0 Å². The third-order valence-electron chi connectivity index (χ3n) is 4.46. The number of para-hydroxylation sites is 1. The maximum absolute atomic E-state index is 12.8. The highest BCUT2D eigenvalue weighted by Crippen LogP contribution is 2.21. The van der Waals surface area contributed by atoms with Crippen LogP contribution in [0.5, 0.6) is 0 Å². The number of pyridine rings is 1. The van der Waals surface area contributed by atoms with Gasteiger partial charge in [-0.2, -0.15) is 0 Å². The van der Waals surface area contributed by atoms with Gasteiger partial charge in [0.15, 0.2) is 0 Å². The summed E-state index contributed by atoms with van der Waals surface area (Å²) in [4.78, 5) is 19.0. The van der Waals surface area contributed by atoms with Crippen molar-refractivity contribution in [1.82, 2.24) is 9.88 Å². The molecule has 4 heteroatoms. The molecule has 4 nitrogen and oxygen atoms in total. The molecule has 0 atom stereocenters. The van der Waals surface area contributed by atoms with E-state index in [1.807, 2.05) is 53.4 Å². The van der Waals surface area contributed by atoms with Crippen molar-refractivity contribution in [3.05, 3.63) is 89.7 Å². The summed E-state index contributed by atoms with van der Waals surface area (Å²) in [7, 11) is 0. The van der Waals surface area contributed by atoms with Gasteiger partial charge in [-0.15, -0.1) is 0 Å². The molecule has 2 heterocycles. The lowest BCUT2D eigenvalue weighted by atomic mass is 10.00. The van der Waals surface area contributed by atoms with Crippen LogP contribution in [-0.4, -0.2) is 22.3 Å². The van der Waals surface area contributed by atoms with Gasteiger partial charge in [-0.3, -0.25) is 9.78 Å². The van der Waals surface area contributed by atoms with E-state index in [9.17, 15) is 4.79 Å². The number of nitrogens with zero attached hydrogens (tertiary/aromatic N) is 2. The van der Waals surface area contributed by atoms with Crippen LogP contribution in [0, 0.1) is 0 Å². The molecule has 0 spiro atoms. The van der Waals surface area contributed by atoms with E-state index in [4.69, 9.17) is 0 Å². The molecule has 0 aliphatic carbocycles. The molecule has 3 aromatic rings. The molecule has 0 saturated heterocycles. The lowest BCUT2D eigenvalue weighted by Crippen LogP contribution is -2.36. The third-order valence-corrected chi connectivity index (χ3v) is 4.46. The molecule has 0 radical (unpaired) electrons. The Morgan fingerprint density at radius 3 is 2.52 bits per heavy atom. The summed E-state index contributed by atoms with van der Waals surface area (Å²) in [6, 6.07) is 21.9. The number of hydrogen-bond donors (Lipinski definition) is 1. The summed E-state index contributed by atoms with van der Waals surface area (Å²) in [6.45, 7) is 1.38. The highest BCUT2D eigenvalue weighted by atomic mass is 16.2. The van der Waals surface area contributed by atoms with Crippen molar-refractivity contribution in [1.29, 1.82) is 0 Å². The minimum Gasteiger partial charge on any atom is -0.355 e. The molecule has 1 amide bonds. The second-order valence-corrected chi connectivity index (χ2v) is 6.17. The fraction of sp³-hybridized carbons (Fsp3) is 0.143. The van der Waals surface area contributed by atoms with Crippen LogP contribution in [0.1, 0.15) is 21.6 Å². The van der Waals surface area contributed by atoms with Crippen LogP contribution in [0.3, 0.4) is 0 Å². The number of carbonyl (C=O) groups is 1. The van der Waals surface area contributed by atoms with E-state index in [0.29, 0.717) is 12.2 Å². The van der Waals surface area contributed by atoms with Gasteiger partial charge in [-0.1, -0.05) is 42.5 Å². The molecule has 0 saturated carbocycles. The number of fused-ring (bicyclic) bond motifs is 1. The number of rotatable bonds is 3. The van der Waals surface area contributed by atoms with Crippen molar-refractivity contribution in [3.8, 4) is 0 Å². The Balaban J connectivity index is 1.52. The zero-order chi connectivity index (χ0) is 17.1. The van der Waals surface area contributed by atoms with Crippen LogP contribution in [0.4, 0.5) is 11.4 Å². The van der Waals surface area contributed by atoms with E-state index in [-0.39, 0.29) is 5.91 Å². The van der Waals surface area contributed by atoms with Crippen LogP contribution in [0.15, 0.2) is 72.9 Å². The SMILES string of the molecule is O=C(c1cc(Nc2ccccc2)ccn1)N1CCc2ccccc2C1. The molecule has 0 fully saturated rings. The topological polar surface area (TPSA) is 45.2 Å². The summed E-state index contributed by atoms with van der Waals surface area (Å²) in [5, 5.41) is 3.31. The average molecular weight is 329 g/mol. The van der Waals surface area contributed by atoms with Crippen molar-refractivity contribution in [2.45, 2.75) is 13.0 Å². The van der Waals surface area contributed by atoms with E-state index in [1.54, 1.807) is 6.20 Å². The van der Waals surface area contributed by atoms with Crippen molar-refractivity contribution < 1.29 is 4.79 Å². The first-order valence-electron chi connectivity index (χ1n) is 8.44. The molecule has 4 rings (SSSR count). The largest absolute Gasteiger partial charge is 0.355 e. The maximum Gasteiger partial charge on any atom is 0.272 e. The van der Waals surface area contributed by atoms with Crippen LogP contribution in [0.25, 0.3) is 0 Å². The first kappa shape index (κ1) is 15.4. The van der Waals surface area contributed by atoms with Gasteiger partial charge in [0, 0.05) is 30.7 Å². The Bertz CT molecular complexity index is 892. The Labute approximate surface area is 147 Å². The summed E-state index contributed by atoms with van der Waals surface area (Å²) in [6.07, 6.45) is 2.57. The minimum absolute atomic E-state index is 0.0220. The quantitative estimate of drug-likeness (QED) is 0.789. The Kier molecular flexibility index (Phi) is 4.17. The number of aromatic nitrogens is 1. The van der Waals surface area contributed by atoms with Crippen molar-refractivity contribution in [2.75, 3.05) is 11.9 Å². The molecule has 0 unspecified atom stereocenters. The second kappa shape index (κ2) is 6.77. The average Bonchev–Trinajstić information content (AvgIpc) is 2.68. The van der Waals surface area contributed by atoms with E-state index in [0.717, 1.165) is 24.3 Å². The summed E-state index contributed by atoms with van der Waals surface area (Å²) in [5.41, 5.74) is 4.88. The maximum atomic E-state index is 12.8. The van der Waals surface area contributed by atoms with Gasteiger partial charge in [0.25, 0.3) is 5.91 Å². The third kappa shape index (κ3) is 3.38.